The summed E-state index contributed by atoms with van der Waals surface area (Å²) < 4.78 is 6.25. The second-order valence-corrected chi connectivity index (χ2v) is 6.58. The molecule has 1 amide bonds. The van der Waals surface area contributed by atoms with Crippen LogP contribution in [0.15, 0.2) is 78.9 Å². The molecular formula is C22H18N2O2. The Bertz CT molecular complexity index is 971. The smallest absolute Gasteiger partial charge is 0.259 e. The number of carbonyl (C=O) groups is 1. The van der Waals surface area contributed by atoms with Crippen LogP contribution < -0.4 is 15.0 Å². The molecule has 4 nitrogen and oxygen atoms in total. The zero-order valence-corrected chi connectivity index (χ0v) is 14.1. The highest BCUT2D eigenvalue weighted by Crippen LogP contribution is 2.46. The molecule has 2 heterocycles. The van der Waals surface area contributed by atoms with Gasteiger partial charge >= 0.3 is 0 Å². The van der Waals surface area contributed by atoms with Gasteiger partial charge in [0.2, 0.25) is 0 Å². The zero-order valence-electron chi connectivity index (χ0n) is 14.1. The predicted octanol–water partition coefficient (Wildman–Crippen LogP) is 4.26. The molecule has 0 unspecified atom stereocenters. The number of hydrogen-bond acceptors (Lipinski definition) is 3. The fourth-order valence-corrected chi connectivity index (χ4v) is 3.87. The lowest BCUT2D eigenvalue weighted by Gasteiger charge is -2.45. The van der Waals surface area contributed by atoms with E-state index in [-0.39, 0.29) is 18.1 Å². The van der Waals surface area contributed by atoms with Gasteiger partial charge in [-0.25, -0.2) is 0 Å². The Kier molecular flexibility index (Phi) is 3.42. The third kappa shape index (κ3) is 2.26. The summed E-state index contributed by atoms with van der Waals surface area (Å²) >= 11 is 0. The highest BCUT2D eigenvalue weighted by Gasteiger charge is 2.43. The molecule has 0 radical (unpaired) electrons. The van der Waals surface area contributed by atoms with E-state index in [0.29, 0.717) is 12.1 Å². The molecule has 0 spiro atoms. The molecule has 0 bridgehead atoms. The van der Waals surface area contributed by atoms with Gasteiger partial charge in [0, 0.05) is 16.8 Å². The monoisotopic (exact) mass is 342 g/mol. The quantitative estimate of drug-likeness (QED) is 0.718. The Labute approximate surface area is 152 Å². The van der Waals surface area contributed by atoms with E-state index in [9.17, 15) is 4.79 Å². The highest BCUT2D eigenvalue weighted by atomic mass is 16.5. The molecule has 0 aromatic heterocycles. The number of fused-ring (bicyclic) bond motifs is 4. The molecule has 26 heavy (non-hydrogen) atoms. The van der Waals surface area contributed by atoms with Crippen molar-refractivity contribution in [1.82, 2.24) is 0 Å². The molecule has 0 aliphatic carbocycles. The minimum atomic E-state index is -0.157. The number of anilines is 2. The van der Waals surface area contributed by atoms with Crippen molar-refractivity contribution >= 4 is 17.3 Å². The van der Waals surface area contributed by atoms with Crippen molar-refractivity contribution in [1.29, 1.82) is 0 Å². The largest absolute Gasteiger partial charge is 0.484 e. The lowest BCUT2D eigenvalue weighted by Crippen LogP contribution is -2.51. The minimum absolute atomic E-state index is 0.00643. The van der Waals surface area contributed by atoms with Gasteiger partial charge in [0.25, 0.3) is 5.91 Å². The van der Waals surface area contributed by atoms with Crippen molar-refractivity contribution in [2.45, 2.75) is 12.1 Å². The van der Waals surface area contributed by atoms with E-state index in [4.69, 9.17) is 4.74 Å². The summed E-state index contributed by atoms with van der Waals surface area (Å²) in [6, 6.07) is 25.2. The summed E-state index contributed by atoms with van der Waals surface area (Å²) in [5.41, 5.74) is 3.64. The van der Waals surface area contributed by atoms with E-state index in [2.05, 4.69) is 17.4 Å². The fraction of sp³-hybridized carbons (Fsp3) is 0.136. The summed E-state index contributed by atoms with van der Waals surface area (Å²) in [5.74, 6) is 0.743. The first-order valence-electron chi connectivity index (χ1n) is 8.80. The maximum absolute atomic E-state index is 13.5. The van der Waals surface area contributed by atoms with Gasteiger partial charge in [0.05, 0.1) is 12.2 Å². The first-order valence-corrected chi connectivity index (χ1v) is 8.80. The van der Waals surface area contributed by atoms with Gasteiger partial charge in [-0.2, -0.15) is 0 Å². The van der Waals surface area contributed by atoms with Crippen molar-refractivity contribution in [3.63, 3.8) is 0 Å². The van der Waals surface area contributed by atoms with Crippen LogP contribution >= 0.6 is 0 Å². The van der Waals surface area contributed by atoms with Gasteiger partial charge in [-0.05, 0) is 30.3 Å². The lowest BCUT2D eigenvalue weighted by atomic mass is 9.91. The number of carbonyl (C=O) groups excluding carboxylic acids is 1. The van der Waals surface area contributed by atoms with Gasteiger partial charge < -0.3 is 10.1 Å². The summed E-state index contributed by atoms with van der Waals surface area (Å²) in [6.45, 7) is 0.661. The topological polar surface area (TPSA) is 41.6 Å². The minimum Gasteiger partial charge on any atom is -0.484 e. The van der Waals surface area contributed by atoms with Crippen LogP contribution in [-0.2, 0) is 0 Å². The molecule has 1 N–H and O–H groups in total. The number of para-hydroxylation sites is 3. The second kappa shape index (κ2) is 5.92. The SMILES string of the molecule is O=C(c1ccccc1)N1c2ccccc2O[C@H]2CNc3ccccc3[C@H]21. The summed E-state index contributed by atoms with van der Waals surface area (Å²) in [7, 11) is 0. The van der Waals surface area contributed by atoms with Crippen molar-refractivity contribution in [2.75, 3.05) is 16.8 Å². The lowest BCUT2D eigenvalue weighted by molar-refractivity contribution is 0.0910. The maximum Gasteiger partial charge on any atom is 0.259 e. The van der Waals surface area contributed by atoms with Crippen LogP contribution in [0.25, 0.3) is 0 Å². The van der Waals surface area contributed by atoms with E-state index >= 15 is 0 Å². The van der Waals surface area contributed by atoms with E-state index < -0.39 is 0 Å². The molecule has 2 aliphatic rings. The van der Waals surface area contributed by atoms with Crippen LogP contribution in [0.1, 0.15) is 22.0 Å². The number of benzene rings is 3. The molecule has 2 aliphatic heterocycles. The molecule has 3 aromatic carbocycles. The van der Waals surface area contributed by atoms with Gasteiger partial charge in [-0.1, -0.05) is 48.5 Å². The third-order valence-electron chi connectivity index (χ3n) is 5.05. The van der Waals surface area contributed by atoms with Crippen LogP contribution in [0.2, 0.25) is 0 Å². The summed E-state index contributed by atoms with van der Waals surface area (Å²) in [6.07, 6.45) is -0.132. The van der Waals surface area contributed by atoms with Crippen LogP contribution in [0.3, 0.4) is 0 Å². The summed E-state index contributed by atoms with van der Waals surface area (Å²) in [4.78, 5) is 15.4. The van der Waals surface area contributed by atoms with E-state index in [0.717, 1.165) is 22.7 Å². The Morgan fingerprint density at radius 1 is 0.923 bits per heavy atom. The Morgan fingerprint density at radius 3 is 2.54 bits per heavy atom. The number of amides is 1. The van der Waals surface area contributed by atoms with E-state index in [1.54, 1.807) is 0 Å². The Balaban J connectivity index is 1.69. The molecule has 4 heteroatoms. The number of nitrogens with zero attached hydrogens (tertiary/aromatic N) is 1. The van der Waals surface area contributed by atoms with E-state index in [1.165, 1.54) is 0 Å². The molecular weight excluding hydrogens is 324 g/mol. The van der Waals surface area contributed by atoms with Gasteiger partial charge in [0.1, 0.15) is 17.9 Å². The van der Waals surface area contributed by atoms with Crippen LogP contribution in [-0.4, -0.2) is 18.6 Å². The highest BCUT2D eigenvalue weighted by molar-refractivity contribution is 6.08. The Hall–Kier alpha value is -3.27. The average Bonchev–Trinajstić information content (AvgIpc) is 2.72. The van der Waals surface area contributed by atoms with Crippen molar-refractivity contribution in [3.8, 4) is 5.75 Å². The number of nitrogens with one attached hydrogen (secondary N) is 1. The van der Waals surface area contributed by atoms with Crippen LogP contribution in [0.5, 0.6) is 5.75 Å². The van der Waals surface area contributed by atoms with Crippen molar-refractivity contribution in [2.24, 2.45) is 0 Å². The molecule has 0 saturated heterocycles. The van der Waals surface area contributed by atoms with Gasteiger partial charge in [-0.3, -0.25) is 9.69 Å². The number of ether oxygens (including phenoxy) is 1. The summed E-state index contributed by atoms with van der Waals surface area (Å²) in [5, 5.41) is 3.43. The molecule has 3 aromatic rings. The first kappa shape index (κ1) is 15.0. The van der Waals surface area contributed by atoms with E-state index in [1.807, 2.05) is 71.6 Å². The van der Waals surface area contributed by atoms with Crippen molar-refractivity contribution < 1.29 is 9.53 Å². The van der Waals surface area contributed by atoms with Crippen LogP contribution in [0, 0.1) is 0 Å². The maximum atomic E-state index is 13.5. The Morgan fingerprint density at radius 2 is 1.65 bits per heavy atom. The standard InChI is InChI=1S/C22H18N2O2/c25-22(15-8-2-1-3-9-15)24-18-12-6-7-13-19(18)26-20-14-23-17-11-5-4-10-16(17)21(20)24/h1-13,20-21,23H,14H2/t20-,21+/m0/s1. The van der Waals surface area contributed by atoms with Crippen LogP contribution in [0.4, 0.5) is 11.4 Å². The molecule has 5 rings (SSSR count). The average molecular weight is 342 g/mol. The second-order valence-electron chi connectivity index (χ2n) is 6.58. The fourth-order valence-electron chi connectivity index (χ4n) is 3.87. The van der Waals surface area contributed by atoms with Crippen molar-refractivity contribution in [3.05, 3.63) is 90.0 Å². The first-order chi connectivity index (χ1) is 12.8. The molecule has 128 valence electrons. The number of hydrogen-bond donors (Lipinski definition) is 1. The zero-order chi connectivity index (χ0) is 17.5. The molecule has 0 fully saturated rings. The van der Waals surface area contributed by atoms with Gasteiger partial charge in [0.15, 0.2) is 0 Å². The normalized spacial score (nSPS) is 20.1. The predicted molar refractivity (Wildman–Crippen MR) is 102 cm³/mol. The van der Waals surface area contributed by atoms with Gasteiger partial charge in [-0.15, -0.1) is 0 Å². The number of rotatable bonds is 1. The molecule has 2 atom stereocenters. The third-order valence-corrected chi connectivity index (χ3v) is 5.05. The molecule has 0 saturated carbocycles.